The molecule has 1 atom stereocenters. The molecule has 168 valence electrons. The van der Waals surface area contributed by atoms with Gasteiger partial charge in [0.05, 0.1) is 20.8 Å². The van der Waals surface area contributed by atoms with Crippen LogP contribution in [0.3, 0.4) is 0 Å². The second-order valence-corrected chi connectivity index (χ2v) is 7.82. The van der Waals surface area contributed by atoms with Crippen LogP contribution < -0.4 is 9.47 Å². The molecule has 8 nitrogen and oxygen atoms in total. The number of benzene rings is 2. The first-order valence-electron chi connectivity index (χ1n) is 10.8. The van der Waals surface area contributed by atoms with Crippen LogP contribution in [0.4, 0.5) is 0 Å². The maximum atomic E-state index is 5.75. The van der Waals surface area contributed by atoms with Gasteiger partial charge < -0.3 is 9.47 Å². The zero-order chi connectivity index (χ0) is 22.3. The third-order valence-electron chi connectivity index (χ3n) is 5.87. The van der Waals surface area contributed by atoms with Crippen LogP contribution in [0.15, 0.2) is 61.2 Å². The van der Waals surface area contributed by atoms with Crippen molar-refractivity contribution in [3.63, 3.8) is 0 Å². The molecule has 1 aliphatic rings. The SMILES string of the molecule is C=CCN1CCN([C@H](c2cc(OC)ccc2OC)c2nnnn2Cc2ccccc2)CC1. The standard InChI is InChI=1S/C24H30N6O2/c1-4-12-28-13-15-29(16-14-28)23(21-17-20(31-2)10-11-22(21)32-3)24-25-26-27-30(24)18-19-8-6-5-7-9-19/h4-11,17,23H,1,12-16,18H2,2-3H3/t23-/m1/s1. The maximum absolute atomic E-state index is 5.75. The van der Waals surface area contributed by atoms with Gasteiger partial charge in [-0.1, -0.05) is 36.4 Å². The Morgan fingerprint density at radius 1 is 1.03 bits per heavy atom. The van der Waals surface area contributed by atoms with Gasteiger partial charge in [-0.2, -0.15) is 0 Å². The Hall–Kier alpha value is -3.23. The third kappa shape index (κ3) is 4.81. The van der Waals surface area contributed by atoms with Gasteiger partial charge in [-0.15, -0.1) is 11.7 Å². The van der Waals surface area contributed by atoms with E-state index in [0.29, 0.717) is 6.54 Å². The van der Waals surface area contributed by atoms with Gasteiger partial charge >= 0.3 is 0 Å². The molecule has 0 unspecified atom stereocenters. The summed E-state index contributed by atoms with van der Waals surface area (Å²) in [5.41, 5.74) is 2.14. The molecule has 2 heterocycles. The van der Waals surface area contributed by atoms with E-state index in [9.17, 15) is 0 Å². The topological polar surface area (TPSA) is 68.5 Å². The Morgan fingerprint density at radius 3 is 2.50 bits per heavy atom. The Balaban J connectivity index is 1.73. The van der Waals surface area contributed by atoms with E-state index in [1.807, 2.05) is 47.2 Å². The van der Waals surface area contributed by atoms with Gasteiger partial charge in [0, 0.05) is 38.3 Å². The average molecular weight is 435 g/mol. The number of hydrogen-bond donors (Lipinski definition) is 0. The van der Waals surface area contributed by atoms with Crippen molar-refractivity contribution in [2.45, 2.75) is 12.6 Å². The van der Waals surface area contributed by atoms with Crippen molar-refractivity contribution in [3.8, 4) is 11.5 Å². The van der Waals surface area contributed by atoms with Crippen molar-refractivity contribution in [1.29, 1.82) is 0 Å². The van der Waals surface area contributed by atoms with Gasteiger partial charge in [-0.05, 0) is 34.2 Å². The van der Waals surface area contributed by atoms with Gasteiger partial charge in [-0.25, -0.2) is 4.68 Å². The number of aromatic nitrogens is 4. The van der Waals surface area contributed by atoms with E-state index in [1.165, 1.54) is 0 Å². The van der Waals surface area contributed by atoms with Crippen molar-refractivity contribution >= 4 is 0 Å². The number of methoxy groups -OCH3 is 2. The summed E-state index contributed by atoms with van der Waals surface area (Å²) in [5, 5.41) is 12.9. The van der Waals surface area contributed by atoms with E-state index in [1.54, 1.807) is 14.2 Å². The number of hydrogen-bond acceptors (Lipinski definition) is 7. The summed E-state index contributed by atoms with van der Waals surface area (Å²) in [4.78, 5) is 4.82. The second-order valence-electron chi connectivity index (χ2n) is 7.82. The molecule has 8 heteroatoms. The van der Waals surface area contributed by atoms with Crippen LogP contribution in [-0.2, 0) is 6.54 Å². The molecule has 1 saturated heterocycles. The molecule has 1 aliphatic heterocycles. The minimum absolute atomic E-state index is 0.162. The fourth-order valence-corrected chi connectivity index (χ4v) is 4.22. The lowest BCUT2D eigenvalue weighted by Gasteiger charge is -2.39. The fourth-order valence-electron chi connectivity index (χ4n) is 4.22. The first kappa shape index (κ1) is 22.0. The Kier molecular flexibility index (Phi) is 7.14. The van der Waals surface area contributed by atoms with Crippen LogP contribution in [0.25, 0.3) is 0 Å². The highest BCUT2D eigenvalue weighted by molar-refractivity contribution is 5.44. The van der Waals surface area contributed by atoms with Crippen LogP contribution >= 0.6 is 0 Å². The highest BCUT2D eigenvalue weighted by atomic mass is 16.5. The number of tetrazole rings is 1. The lowest BCUT2D eigenvalue weighted by Crippen LogP contribution is -2.48. The maximum Gasteiger partial charge on any atom is 0.173 e. The zero-order valence-corrected chi connectivity index (χ0v) is 18.7. The minimum atomic E-state index is -0.162. The van der Waals surface area contributed by atoms with Gasteiger partial charge in [-0.3, -0.25) is 9.80 Å². The van der Waals surface area contributed by atoms with Crippen molar-refractivity contribution in [3.05, 3.63) is 78.1 Å². The molecule has 2 aromatic carbocycles. The summed E-state index contributed by atoms with van der Waals surface area (Å²) in [6.07, 6.45) is 1.96. The molecule has 0 radical (unpaired) electrons. The molecule has 0 spiro atoms. The highest BCUT2D eigenvalue weighted by Crippen LogP contribution is 2.36. The second kappa shape index (κ2) is 10.4. The smallest absolute Gasteiger partial charge is 0.173 e. The Labute approximate surface area is 189 Å². The molecule has 1 aromatic heterocycles. The molecule has 1 fully saturated rings. The summed E-state index contributed by atoms with van der Waals surface area (Å²) in [7, 11) is 3.37. The molecular weight excluding hydrogens is 404 g/mol. The third-order valence-corrected chi connectivity index (χ3v) is 5.87. The quantitative estimate of drug-likeness (QED) is 0.480. The lowest BCUT2D eigenvalue weighted by atomic mass is 10.0. The van der Waals surface area contributed by atoms with Crippen molar-refractivity contribution < 1.29 is 9.47 Å². The average Bonchev–Trinajstić information content (AvgIpc) is 3.28. The van der Waals surface area contributed by atoms with Crippen LogP contribution in [-0.4, -0.2) is 77.0 Å². The molecule has 0 N–H and O–H groups in total. The fraction of sp³-hybridized carbons (Fsp3) is 0.375. The minimum Gasteiger partial charge on any atom is -0.497 e. The van der Waals surface area contributed by atoms with Crippen LogP contribution in [0.1, 0.15) is 23.0 Å². The van der Waals surface area contributed by atoms with E-state index >= 15 is 0 Å². The molecule has 0 aliphatic carbocycles. The number of rotatable bonds is 9. The largest absolute Gasteiger partial charge is 0.497 e. The molecule has 0 amide bonds. The zero-order valence-electron chi connectivity index (χ0n) is 18.7. The molecule has 32 heavy (non-hydrogen) atoms. The van der Waals surface area contributed by atoms with E-state index in [0.717, 1.165) is 61.2 Å². The van der Waals surface area contributed by atoms with Crippen molar-refractivity contribution in [1.82, 2.24) is 30.0 Å². The summed E-state index contributed by atoms with van der Waals surface area (Å²) >= 11 is 0. The van der Waals surface area contributed by atoms with Crippen molar-refractivity contribution in [2.75, 3.05) is 46.9 Å². The normalized spacial score (nSPS) is 15.9. The van der Waals surface area contributed by atoms with E-state index in [-0.39, 0.29) is 6.04 Å². The van der Waals surface area contributed by atoms with E-state index < -0.39 is 0 Å². The summed E-state index contributed by atoms with van der Waals surface area (Å²) in [6.45, 7) is 9.05. The van der Waals surface area contributed by atoms with Crippen molar-refractivity contribution in [2.24, 2.45) is 0 Å². The first-order valence-corrected chi connectivity index (χ1v) is 10.8. The highest BCUT2D eigenvalue weighted by Gasteiger charge is 2.32. The summed E-state index contributed by atoms with van der Waals surface area (Å²) in [5.74, 6) is 2.36. The van der Waals surface area contributed by atoms with Crippen LogP contribution in [0, 0.1) is 0 Å². The van der Waals surface area contributed by atoms with E-state index in [2.05, 4.69) is 44.0 Å². The Morgan fingerprint density at radius 2 is 1.81 bits per heavy atom. The molecular formula is C24H30N6O2. The van der Waals surface area contributed by atoms with Gasteiger partial charge in [0.2, 0.25) is 0 Å². The Bertz CT molecular complexity index is 1010. The predicted octanol–water partition coefficient (Wildman–Crippen LogP) is 2.63. The monoisotopic (exact) mass is 434 g/mol. The summed E-state index contributed by atoms with van der Waals surface area (Å²) < 4.78 is 13.2. The van der Waals surface area contributed by atoms with Gasteiger partial charge in [0.25, 0.3) is 0 Å². The number of piperazine rings is 1. The van der Waals surface area contributed by atoms with Gasteiger partial charge in [0.1, 0.15) is 17.5 Å². The number of ether oxygens (including phenoxy) is 2. The molecule has 3 aromatic rings. The molecule has 4 rings (SSSR count). The first-order chi connectivity index (χ1) is 15.7. The molecule has 0 bridgehead atoms. The molecule has 0 saturated carbocycles. The lowest BCUT2D eigenvalue weighted by molar-refractivity contribution is 0.111. The predicted molar refractivity (Wildman–Crippen MR) is 123 cm³/mol. The van der Waals surface area contributed by atoms with E-state index in [4.69, 9.17) is 9.47 Å². The number of nitrogens with zero attached hydrogens (tertiary/aromatic N) is 6. The van der Waals surface area contributed by atoms with Crippen LogP contribution in [0.2, 0.25) is 0 Å². The summed E-state index contributed by atoms with van der Waals surface area (Å²) in [6, 6.07) is 16.0. The van der Waals surface area contributed by atoms with Gasteiger partial charge in [0.15, 0.2) is 5.82 Å². The van der Waals surface area contributed by atoms with Crippen LogP contribution in [0.5, 0.6) is 11.5 Å².